The second kappa shape index (κ2) is 5.92. The highest BCUT2D eigenvalue weighted by molar-refractivity contribution is 6.69. The van der Waals surface area contributed by atoms with Crippen LogP contribution in [-0.4, -0.2) is 20.2 Å². The van der Waals surface area contributed by atoms with E-state index in [1.165, 1.54) is 38.5 Å². The lowest BCUT2D eigenvalue weighted by Crippen LogP contribution is -2.54. The predicted octanol–water partition coefficient (Wildman–Crippen LogP) is 5.82. The summed E-state index contributed by atoms with van der Waals surface area (Å²) in [5.74, 6) is 3.83. The Morgan fingerprint density at radius 3 is 2.36 bits per heavy atom. The molecule has 2 nitrogen and oxygen atoms in total. The zero-order chi connectivity index (χ0) is 18.0. The van der Waals surface area contributed by atoms with Crippen LogP contribution in [0.25, 0.3) is 0 Å². The number of ketones is 1. The molecule has 4 aliphatic rings. The third kappa shape index (κ3) is 2.88. The number of carbonyl (C=O) groups is 1. The maximum atomic E-state index is 12.0. The first-order valence-corrected chi connectivity index (χ1v) is 14.2. The van der Waals surface area contributed by atoms with Crippen LogP contribution in [0.1, 0.15) is 71.6 Å². The Morgan fingerprint density at radius 2 is 1.64 bits per heavy atom. The van der Waals surface area contributed by atoms with Gasteiger partial charge in [-0.25, -0.2) is 0 Å². The zero-order valence-corrected chi connectivity index (χ0v) is 18.1. The van der Waals surface area contributed by atoms with E-state index >= 15 is 0 Å². The molecule has 0 radical (unpaired) electrons. The molecule has 0 heterocycles. The van der Waals surface area contributed by atoms with E-state index < -0.39 is 8.32 Å². The summed E-state index contributed by atoms with van der Waals surface area (Å²) >= 11 is 0. The molecule has 0 saturated heterocycles. The molecule has 0 N–H and O–H groups in total. The van der Waals surface area contributed by atoms with Gasteiger partial charge in [0.05, 0.1) is 6.10 Å². The number of rotatable bonds is 2. The van der Waals surface area contributed by atoms with E-state index in [2.05, 4.69) is 33.5 Å². The van der Waals surface area contributed by atoms with Crippen LogP contribution in [0, 0.1) is 34.5 Å². The normalized spacial score (nSPS) is 50.1. The predicted molar refractivity (Wildman–Crippen MR) is 105 cm³/mol. The van der Waals surface area contributed by atoms with Crippen LogP contribution in [0.2, 0.25) is 19.6 Å². The Bertz CT molecular complexity index is 553. The fourth-order valence-electron chi connectivity index (χ4n) is 7.62. The minimum atomic E-state index is -1.48. The minimum Gasteiger partial charge on any atom is -0.414 e. The van der Waals surface area contributed by atoms with Crippen LogP contribution in [0.3, 0.4) is 0 Å². The van der Waals surface area contributed by atoms with Crippen molar-refractivity contribution in [2.24, 2.45) is 34.5 Å². The minimum absolute atomic E-state index is 0.412. The summed E-state index contributed by atoms with van der Waals surface area (Å²) in [5.41, 5.74) is 0.852. The van der Waals surface area contributed by atoms with Gasteiger partial charge in [-0.3, -0.25) is 4.79 Å². The first-order valence-electron chi connectivity index (χ1n) is 10.8. The Labute approximate surface area is 155 Å². The maximum absolute atomic E-state index is 12.0. The third-order valence-electron chi connectivity index (χ3n) is 8.89. The van der Waals surface area contributed by atoms with Gasteiger partial charge in [-0.05, 0) is 99.1 Å². The lowest BCUT2D eigenvalue weighted by molar-refractivity contribution is -0.141. The molecule has 0 aromatic rings. The van der Waals surface area contributed by atoms with E-state index in [1.807, 2.05) is 0 Å². The van der Waals surface area contributed by atoms with Gasteiger partial charge in [-0.15, -0.1) is 0 Å². The molecule has 7 atom stereocenters. The molecule has 142 valence electrons. The first-order chi connectivity index (χ1) is 11.6. The molecule has 0 amide bonds. The Kier molecular flexibility index (Phi) is 4.32. The maximum Gasteiger partial charge on any atom is 0.184 e. The van der Waals surface area contributed by atoms with Gasteiger partial charge in [-0.1, -0.05) is 13.8 Å². The Hall–Kier alpha value is -0.153. The van der Waals surface area contributed by atoms with E-state index in [-0.39, 0.29) is 0 Å². The molecule has 0 unspecified atom stereocenters. The average Bonchev–Trinajstić information content (AvgIpc) is 2.83. The van der Waals surface area contributed by atoms with Gasteiger partial charge in [-0.2, -0.15) is 0 Å². The Morgan fingerprint density at radius 1 is 0.920 bits per heavy atom. The fourth-order valence-corrected chi connectivity index (χ4v) is 8.86. The van der Waals surface area contributed by atoms with E-state index in [1.54, 1.807) is 0 Å². The van der Waals surface area contributed by atoms with Gasteiger partial charge in [0.15, 0.2) is 8.32 Å². The molecule has 3 heteroatoms. The lowest BCUT2D eigenvalue weighted by atomic mass is 9.45. The van der Waals surface area contributed by atoms with Crippen molar-refractivity contribution >= 4 is 14.1 Å². The van der Waals surface area contributed by atoms with Crippen LogP contribution in [0.15, 0.2) is 0 Å². The average molecular weight is 363 g/mol. The van der Waals surface area contributed by atoms with Crippen LogP contribution in [0.4, 0.5) is 0 Å². The van der Waals surface area contributed by atoms with Crippen molar-refractivity contribution in [3.05, 3.63) is 0 Å². The smallest absolute Gasteiger partial charge is 0.184 e. The number of hydrogen-bond acceptors (Lipinski definition) is 2. The molecule has 4 fully saturated rings. The topological polar surface area (TPSA) is 26.3 Å². The zero-order valence-electron chi connectivity index (χ0n) is 17.1. The van der Waals surface area contributed by atoms with Crippen molar-refractivity contribution in [3.8, 4) is 0 Å². The van der Waals surface area contributed by atoms with Crippen LogP contribution < -0.4 is 0 Å². The number of hydrogen-bond donors (Lipinski definition) is 0. The monoisotopic (exact) mass is 362 g/mol. The van der Waals surface area contributed by atoms with Crippen molar-refractivity contribution in [1.29, 1.82) is 0 Å². The lowest BCUT2D eigenvalue weighted by Gasteiger charge is -2.60. The van der Waals surface area contributed by atoms with Crippen molar-refractivity contribution in [2.45, 2.75) is 97.4 Å². The summed E-state index contributed by atoms with van der Waals surface area (Å²) < 4.78 is 6.69. The highest BCUT2D eigenvalue weighted by Gasteiger charge is 2.60. The van der Waals surface area contributed by atoms with Crippen molar-refractivity contribution in [1.82, 2.24) is 0 Å². The number of Topliss-reactive ketones (excluding diaryl/α,β-unsaturated/α-hetero) is 1. The Balaban J connectivity index is 1.57. The molecular formula is C22H38O2Si. The number of carbonyl (C=O) groups excluding carboxylic acids is 1. The molecule has 4 aliphatic carbocycles. The van der Waals surface area contributed by atoms with E-state index in [4.69, 9.17) is 4.43 Å². The second-order valence-electron chi connectivity index (χ2n) is 11.2. The largest absolute Gasteiger partial charge is 0.414 e. The molecule has 0 bridgehead atoms. The molecule has 4 saturated carbocycles. The molecule has 25 heavy (non-hydrogen) atoms. The van der Waals surface area contributed by atoms with Crippen molar-refractivity contribution < 1.29 is 9.22 Å². The van der Waals surface area contributed by atoms with E-state index in [0.717, 1.165) is 37.0 Å². The van der Waals surface area contributed by atoms with Gasteiger partial charge in [0.2, 0.25) is 0 Å². The molecular weight excluding hydrogens is 324 g/mol. The summed E-state index contributed by atoms with van der Waals surface area (Å²) in [7, 11) is -1.48. The summed E-state index contributed by atoms with van der Waals surface area (Å²) in [6.07, 6.45) is 11.5. The molecule has 0 spiro atoms. The van der Waals surface area contributed by atoms with Crippen molar-refractivity contribution in [2.75, 3.05) is 0 Å². The van der Waals surface area contributed by atoms with Crippen LogP contribution in [0.5, 0.6) is 0 Å². The molecule has 4 rings (SSSR count). The first kappa shape index (κ1) is 18.2. The fraction of sp³-hybridized carbons (Fsp3) is 0.955. The number of fused-ring (bicyclic) bond motifs is 5. The summed E-state index contributed by atoms with van der Waals surface area (Å²) in [6.45, 7) is 12.2. The van der Waals surface area contributed by atoms with Crippen LogP contribution in [-0.2, 0) is 9.22 Å². The van der Waals surface area contributed by atoms with Gasteiger partial charge in [0, 0.05) is 12.8 Å². The third-order valence-corrected chi connectivity index (χ3v) is 9.88. The molecule has 0 aliphatic heterocycles. The summed E-state index contributed by atoms with van der Waals surface area (Å²) in [6, 6.07) is 0. The van der Waals surface area contributed by atoms with Gasteiger partial charge < -0.3 is 4.43 Å². The SMILES string of the molecule is C[C@]12CCC(=O)C[C@H]1CC[C@@H]1[C@@H]2CC[C@]2(C)[C@@H](O[Si](C)(C)C)CC[C@@H]12. The van der Waals surface area contributed by atoms with Gasteiger partial charge in [0.25, 0.3) is 0 Å². The molecule has 0 aromatic heterocycles. The van der Waals surface area contributed by atoms with E-state index in [0.29, 0.717) is 28.6 Å². The van der Waals surface area contributed by atoms with Gasteiger partial charge in [0.1, 0.15) is 5.78 Å². The summed E-state index contributed by atoms with van der Waals surface area (Å²) in [4.78, 5) is 12.0. The quantitative estimate of drug-likeness (QED) is 0.579. The van der Waals surface area contributed by atoms with Crippen molar-refractivity contribution in [3.63, 3.8) is 0 Å². The van der Waals surface area contributed by atoms with Crippen LogP contribution >= 0.6 is 0 Å². The summed E-state index contributed by atoms with van der Waals surface area (Å²) in [5, 5.41) is 0. The second-order valence-corrected chi connectivity index (χ2v) is 15.7. The van der Waals surface area contributed by atoms with E-state index in [9.17, 15) is 4.79 Å². The highest BCUT2D eigenvalue weighted by Crippen LogP contribution is 2.66. The standard InChI is InChI=1S/C22H38O2Si/c1-21-12-10-16(23)14-15(21)6-7-17-18-8-9-20(24-25(3,4)5)22(18,2)13-11-19(17)21/h15,17-20H,6-14H2,1-5H3/t15-,17+,18+,19+,20+,21+,22+/m1/s1. The highest BCUT2D eigenvalue weighted by atomic mass is 28.4. The molecule has 0 aromatic carbocycles. The van der Waals surface area contributed by atoms with Gasteiger partial charge >= 0.3 is 0 Å².